The van der Waals surface area contributed by atoms with Gasteiger partial charge >= 0.3 is 0 Å². The van der Waals surface area contributed by atoms with Crippen molar-refractivity contribution in [2.75, 3.05) is 0 Å². The van der Waals surface area contributed by atoms with Crippen LogP contribution in [-0.4, -0.2) is 11.0 Å². The maximum absolute atomic E-state index is 7.55. The smallest absolute Gasteiger partial charge is 0.0261 e. The van der Waals surface area contributed by atoms with Crippen molar-refractivity contribution >= 4 is 30.6 Å². The lowest BCUT2D eigenvalue weighted by atomic mass is 10.0. The molecule has 0 aliphatic carbocycles. The number of hydrogen-bond donors (Lipinski definition) is 2. The quantitative estimate of drug-likeness (QED) is 0.415. The van der Waals surface area contributed by atoms with Gasteiger partial charge in [-0.2, -0.15) is 0 Å². The standard InChI is InChI=1S/C18H21NS2/c1-12-5-7-13(8-6-12)16-15(21-18(2,3)4)10-9-14(11-19)17(16)20/h5-11,19-20H,1-4H3. The van der Waals surface area contributed by atoms with E-state index in [1.165, 1.54) is 16.7 Å². The summed E-state index contributed by atoms with van der Waals surface area (Å²) in [4.78, 5) is 2.09. The molecule has 0 aromatic heterocycles. The minimum absolute atomic E-state index is 0.131. The second kappa shape index (κ2) is 6.29. The van der Waals surface area contributed by atoms with Gasteiger partial charge in [0.25, 0.3) is 0 Å². The molecule has 0 atom stereocenters. The van der Waals surface area contributed by atoms with Crippen molar-refractivity contribution in [3.05, 3.63) is 47.5 Å². The molecule has 0 unspecified atom stereocenters. The largest absolute Gasteiger partial charge is 0.308 e. The van der Waals surface area contributed by atoms with Crippen molar-refractivity contribution in [1.82, 2.24) is 0 Å². The van der Waals surface area contributed by atoms with Crippen LogP contribution >= 0.6 is 24.4 Å². The van der Waals surface area contributed by atoms with Crippen LogP contribution in [0.4, 0.5) is 0 Å². The van der Waals surface area contributed by atoms with Gasteiger partial charge in [-0.1, -0.05) is 56.7 Å². The molecule has 0 bridgehead atoms. The fourth-order valence-electron chi connectivity index (χ4n) is 2.12. The molecule has 0 aliphatic rings. The molecule has 0 heterocycles. The van der Waals surface area contributed by atoms with E-state index in [-0.39, 0.29) is 4.75 Å². The first-order valence-corrected chi connectivity index (χ1v) is 8.20. The molecule has 0 aliphatic heterocycles. The molecule has 0 radical (unpaired) electrons. The molecule has 0 spiro atoms. The van der Waals surface area contributed by atoms with Crippen molar-refractivity contribution < 1.29 is 0 Å². The first kappa shape index (κ1) is 16.2. The Labute approximate surface area is 137 Å². The van der Waals surface area contributed by atoms with Crippen molar-refractivity contribution in [2.45, 2.75) is 42.2 Å². The molecule has 1 N–H and O–H groups in total. The number of nitrogens with one attached hydrogen (secondary N) is 1. The summed E-state index contributed by atoms with van der Waals surface area (Å²) >= 11 is 6.52. The summed E-state index contributed by atoms with van der Waals surface area (Å²) in [6, 6.07) is 12.6. The third-order valence-corrected chi connectivity index (χ3v) is 4.74. The number of thiol groups is 1. The molecule has 0 saturated heterocycles. The van der Waals surface area contributed by atoms with Crippen molar-refractivity contribution in [1.29, 1.82) is 5.41 Å². The Kier molecular flexibility index (Phi) is 4.84. The molecule has 110 valence electrons. The van der Waals surface area contributed by atoms with E-state index in [9.17, 15) is 0 Å². The molecule has 2 aromatic rings. The number of aryl methyl sites for hydroxylation is 1. The lowest BCUT2D eigenvalue weighted by Gasteiger charge is -2.22. The maximum Gasteiger partial charge on any atom is 0.0261 e. The Morgan fingerprint density at radius 2 is 1.67 bits per heavy atom. The third-order valence-electron chi connectivity index (χ3n) is 3.08. The Hall–Kier alpha value is -1.19. The summed E-state index contributed by atoms with van der Waals surface area (Å²) < 4.78 is 0.131. The summed E-state index contributed by atoms with van der Waals surface area (Å²) in [7, 11) is 0. The molecule has 0 fully saturated rings. The zero-order chi connectivity index (χ0) is 15.6. The Morgan fingerprint density at radius 1 is 1.05 bits per heavy atom. The normalized spacial score (nSPS) is 11.5. The van der Waals surface area contributed by atoms with E-state index in [1.54, 1.807) is 0 Å². The van der Waals surface area contributed by atoms with Crippen molar-refractivity contribution in [2.24, 2.45) is 0 Å². The Morgan fingerprint density at radius 3 is 2.19 bits per heavy atom. The Balaban J connectivity index is 2.64. The van der Waals surface area contributed by atoms with Crippen LogP contribution in [0.2, 0.25) is 0 Å². The second-order valence-electron chi connectivity index (χ2n) is 6.10. The average Bonchev–Trinajstić information content (AvgIpc) is 2.39. The van der Waals surface area contributed by atoms with Gasteiger partial charge in [0.2, 0.25) is 0 Å². The SMILES string of the molecule is Cc1ccc(-c2c(SC(C)(C)C)ccc(C=N)c2S)cc1. The highest BCUT2D eigenvalue weighted by atomic mass is 32.2. The molecule has 21 heavy (non-hydrogen) atoms. The van der Waals surface area contributed by atoms with Gasteiger partial charge in [-0.25, -0.2) is 0 Å². The highest BCUT2D eigenvalue weighted by Crippen LogP contribution is 2.42. The van der Waals surface area contributed by atoms with Crippen LogP contribution in [0.1, 0.15) is 31.9 Å². The number of benzene rings is 2. The monoisotopic (exact) mass is 315 g/mol. The fraction of sp³-hybridized carbons (Fsp3) is 0.278. The van der Waals surface area contributed by atoms with E-state index in [0.717, 1.165) is 21.6 Å². The lowest BCUT2D eigenvalue weighted by molar-refractivity contribution is 0.803. The summed E-state index contributed by atoms with van der Waals surface area (Å²) in [5.41, 5.74) is 4.38. The molecular weight excluding hydrogens is 294 g/mol. The van der Waals surface area contributed by atoms with Gasteiger partial charge in [0.1, 0.15) is 0 Å². The number of hydrogen-bond acceptors (Lipinski definition) is 3. The van der Waals surface area contributed by atoms with Gasteiger partial charge in [-0.15, -0.1) is 24.4 Å². The van der Waals surface area contributed by atoms with E-state index in [1.807, 2.05) is 17.8 Å². The van der Waals surface area contributed by atoms with Gasteiger partial charge in [0, 0.05) is 31.9 Å². The van der Waals surface area contributed by atoms with Gasteiger partial charge in [-0.05, 0) is 18.6 Å². The summed E-state index contributed by atoms with van der Waals surface area (Å²) in [5.74, 6) is 0. The van der Waals surface area contributed by atoms with E-state index in [2.05, 4.69) is 70.7 Å². The molecule has 1 nitrogen and oxygen atoms in total. The van der Waals surface area contributed by atoms with Crippen LogP contribution in [0.25, 0.3) is 11.1 Å². The second-order valence-corrected chi connectivity index (χ2v) is 8.42. The van der Waals surface area contributed by atoms with Gasteiger partial charge in [0.15, 0.2) is 0 Å². The first-order valence-electron chi connectivity index (χ1n) is 6.94. The van der Waals surface area contributed by atoms with Crippen LogP contribution in [0.3, 0.4) is 0 Å². The molecule has 0 saturated carbocycles. The van der Waals surface area contributed by atoms with Gasteiger partial charge in [0.05, 0.1) is 0 Å². The highest BCUT2D eigenvalue weighted by Gasteiger charge is 2.18. The van der Waals surface area contributed by atoms with E-state index in [4.69, 9.17) is 5.41 Å². The van der Waals surface area contributed by atoms with Crippen LogP contribution in [0.15, 0.2) is 46.2 Å². The van der Waals surface area contributed by atoms with E-state index < -0.39 is 0 Å². The van der Waals surface area contributed by atoms with Gasteiger partial charge in [-0.3, -0.25) is 0 Å². The predicted molar refractivity (Wildman–Crippen MR) is 97.4 cm³/mol. The highest BCUT2D eigenvalue weighted by molar-refractivity contribution is 8.00. The maximum atomic E-state index is 7.55. The minimum Gasteiger partial charge on any atom is -0.308 e. The van der Waals surface area contributed by atoms with Crippen LogP contribution in [0.5, 0.6) is 0 Å². The number of rotatable bonds is 3. The van der Waals surface area contributed by atoms with Crippen molar-refractivity contribution in [3.8, 4) is 11.1 Å². The zero-order valence-electron chi connectivity index (χ0n) is 12.9. The van der Waals surface area contributed by atoms with E-state index in [0.29, 0.717) is 0 Å². The molecule has 0 amide bonds. The summed E-state index contributed by atoms with van der Waals surface area (Å²) in [6.07, 6.45) is 1.37. The van der Waals surface area contributed by atoms with Crippen LogP contribution < -0.4 is 0 Å². The molecule has 2 rings (SSSR count). The van der Waals surface area contributed by atoms with Crippen LogP contribution in [0, 0.1) is 12.3 Å². The average molecular weight is 316 g/mol. The lowest BCUT2D eigenvalue weighted by Crippen LogP contribution is -2.07. The summed E-state index contributed by atoms with van der Waals surface area (Å²) in [5, 5.41) is 7.55. The predicted octanol–water partition coefficient (Wildman–Crippen LogP) is 5.84. The minimum atomic E-state index is 0.131. The zero-order valence-corrected chi connectivity index (χ0v) is 14.6. The topological polar surface area (TPSA) is 23.9 Å². The first-order chi connectivity index (χ1) is 9.81. The Bertz CT molecular complexity index is 652. The molecule has 3 heteroatoms. The fourth-order valence-corrected chi connectivity index (χ4v) is 3.70. The molecule has 2 aromatic carbocycles. The third kappa shape index (κ3) is 3.92. The molecular formula is C18H21NS2. The number of thioether (sulfide) groups is 1. The van der Waals surface area contributed by atoms with Gasteiger partial charge < -0.3 is 5.41 Å². The van der Waals surface area contributed by atoms with Crippen LogP contribution in [-0.2, 0) is 0 Å². The van der Waals surface area contributed by atoms with E-state index >= 15 is 0 Å². The summed E-state index contributed by atoms with van der Waals surface area (Å²) in [6.45, 7) is 8.71. The van der Waals surface area contributed by atoms with Crippen molar-refractivity contribution in [3.63, 3.8) is 0 Å².